The van der Waals surface area contributed by atoms with Gasteiger partial charge in [0.15, 0.2) is 0 Å². The Morgan fingerprint density at radius 2 is 1.56 bits per heavy atom. The largest absolute Gasteiger partial charge is 0.373 e. The summed E-state index contributed by atoms with van der Waals surface area (Å²) in [5.41, 5.74) is 1.39. The molecule has 3 unspecified atom stereocenters. The molecule has 0 saturated carbocycles. The van der Waals surface area contributed by atoms with Crippen LogP contribution < -0.4 is 10.6 Å². The van der Waals surface area contributed by atoms with Crippen molar-refractivity contribution in [2.45, 2.75) is 59.0 Å². The summed E-state index contributed by atoms with van der Waals surface area (Å²) in [5, 5.41) is 5.28. The van der Waals surface area contributed by atoms with E-state index in [1.165, 1.54) is 11.6 Å². The number of nitrogens with one attached hydrogen (secondary N) is 2. The smallest absolute Gasteiger partial charge is 0.257 e. The van der Waals surface area contributed by atoms with E-state index in [1.807, 2.05) is 24.3 Å². The molecule has 3 rings (SSSR count). The second kappa shape index (κ2) is 11.5. The van der Waals surface area contributed by atoms with Crippen LogP contribution in [0.25, 0.3) is 0 Å². The molecule has 34 heavy (non-hydrogen) atoms. The van der Waals surface area contributed by atoms with E-state index < -0.39 is 35.1 Å². The quantitative estimate of drug-likeness (QED) is 0.614. The standard InChI is InChI=1S/C26H33F2N3O3/c1-16(2)24(30-25(32)23-21(27)6-5-7-22(23)28)26(33)29-12-19-8-10-20(11-9-19)15-31-13-17(3)34-18(4)14-31/h5-11,16-18,24H,12-15H2,1-4H3,(H,29,33)(H,30,32). The van der Waals surface area contributed by atoms with Crippen LogP contribution in [0, 0.1) is 17.6 Å². The molecular formula is C26H33F2N3O3. The molecule has 1 fully saturated rings. The number of hydrogen-bond donors (Lipinski definition) is 2. The Morgan fingerprint density at radius 1 is 1.00 bits per heavy atom. The van der Waals surface area contributed by atoms with Gasteiger partial charge in [0, 0.05) is 26.2 Å². The number of nitrogens with zero attached hydrogens (tertiary/aromatic N) is 1. The Hall–Kier alpha value is -2.84. The first-order valence-corrected chi connectivity index (χ1v) is 11.6. The van der Waals surface area contributed by atoms with Gasteiger partial charge in [-0.15, -0.1) is 0 Å². The normalized spacial score (nSPS) is 19.6. The highest BCUT2D eigenvalue weighted by Crippen LogP contribution is 2.16. The van der Waals surface area contributed by atoms with Crippen molar-refractivity contribution < 1.29 is 23.1 Å². The van der Waals surface area contributed by atoms with E-state index in [4.69, 9.17) is 4.74 Å². The van der Waals surface area contributed by atoms with Gasteiger partial charge in [0.2, 0.25) is 5.91 Å². The molecule has 1 aliphatic heterocycles. The van der Waals surface area contributed by atoms with Crippen molar-refractivity contribution in [2.75, 3.05) is 13.1 Å². The lowest BCUT2D eigenvalue weighted by atomic mass is 10.0. The molecule has 1 aliphatic rings. The minimum atomic E-state index is -0.971. The summed E-state index contributed by atoms with van der Waals surface area (Å²) in [6.07, 6.45) is 0.421. The molecule has 0 spiro atoms. The lowest BCUT2D eigenvalue weighted by molar-refractivity contribution is -0.124. The number of halogens is 2. The number of carbonyl (C=O) groups is 2. The summed E-state index contributed by atoms with van der Waals surface area (Å²) in [7, 11) is 0. The molecule has 6 nitrogen and oxygen atoms in total. The number of ether oxygens (including phenoxy) is 1. The predicted molar refractivity (Wildman–Crippen MR) is 126 cm³/mol. The van der Waals surface area contributed by atoms with Gasteiger partial charge in [0.25, 0.3) is 5.91 Å². The van der Waals surface area contributed by atoms with Gasteiger partial charge in [-0.2, -0.15) is 0 Å². The van der Waals surface area contributed by atoms with Crippen molar-refractivity contribution >= 4 is 11.8 Å². The van der Waals surface area contributed by atoms with Crippen LogP contribution in [0.3, 0.4) is 0 Å². The Morgan fingerprint density at radius 3 is 2.12 bits per heavy atom. The third-order valence-electron chi connectivity index (χ3n) is 5.82. The van der Waals surface area contributed by atoms with Crippen LogP contribution in [-0.4, -0.2) is 48.1 Å². The molecule has 2 N–H and O–H groups in total. The van der Waals surface area contributed by atoms with Crippen molar-refractivity contribution in [1.82, 2.24) is 15.5 Å². The highest BCUT2D eigenvalue weighted by molar-refractivity contribution is 5.98. The zero-order valence-corrected chi connectivity index (χ0v) is 20.1. The average molecular weight is 474 g/mol. The summed E-state index contributed by atoms with van der Waals surface area (Å²) in [6.45, 7) is 10.6. The fourth-order valence-electron chi connectivity index (χ4n) is 4.20. The molecule has 8 heteroatoms. The molecule has 0 radical (unpaired) electrons. The molecule has 0 aromatic heterocycles. The van der Waals surface area contributed by atoms with Gasteiger partial charge in [-0.25, -0.2) is 8.78 Å². The monoisotopic (exact) mass is 473 g/mol. The Labute approximate surface area is 199 Å². The van der Waals surface area contributed by atoms with Gasteiger partial charge in [-0.05, 0) is 43.0 Å². The van der Waals surface area contributed by atoms with Crippen LogP contribution in [-0.2, 0) is 22.6 Å². The SMILES string of the molecule is CC1CN(Cc2ccc(CNC(=O)C(NC(=O)c3c(F)cccc3F)C(C)C)cc2)CC(C)O1. The number of amides is 2. The molecular weight excluding hydrogens is 440 g/mol. The number of rotatable bonds is 8. The van der Waals surface area contributed by atoms with Gasteiger partial charge in [0.1, 0.15) is 23.2 Å². The maximum atomic E-state index is 13.9. The van der Waals surface area contributed by atoms with E-state index in [0.29, 0.717) is 0 Å². The first-order chi connectivity index (χ1) is 16.1. The molecule has 1 saturated heterocycles. The zero-order chi connectivity index (χ0) is 24.8. The maximum absolute atomic E-state index is 13.9. The molecule has 2 aromatic rings. The Balaban J connectivity index is 1.56. The summed E-state index contributed by atoms with van der Waals surface area (Å²) >= 11 is 0. The number of morpholine rings is 1. The molecule has 2 amide bonds. The highest BCUT2D eigenvalue weighted by atomic mass is 19.1. The lowest BCUT2D eigenvalue weighted by Gasteiger charge is -2.35. The van der Waals surface area contributed by atoms with E-state index in [-0.39, 0.29) is 24.7 Å². The first kappa shape index (κ1) is 25.8. The Bertz CT molecular complexity index is 967. The molecule has 0 aliphatic carbocycles. The molecule has 184 valence electrons. The predicted octanol–water partition coefficient (Wildman–Crippen LogP) is 3.64. The highest BCUT2D eigenvalue weighted by Gasteiger charge is 2.27. The number of carbonyl (C=O) groups excluding carboxylic acids is 2. The third kappa shape index (κ3) is 6.84. The van der Waals surface area contributed by atoms with Gasteiger partial charge in [-0.3, -0.25) is 14.5 Å². The van der Waals surface area contributed by atoms with Crippen LogP contribution in [0.15, 0.2) is 42.5 Å². The van der Waals surface area contributed by atoms with E-state index in [2.05, 4.69) is 29.4 Å². The fraction of sp³-hybridized carbons (Fsp3) is 0.462. The van der Waals surface area contributed by atoms with Gasteiger partial charge < -0.3 is 15.4 Å². The molecule has 2 aromatic carbocycles. The van der Waals surface area contributed by atoms with Gasteiger partial charge >= 0.3 is 0 Å². The number of benzene rings is 2. The van der Waals surface area contributed by atoms with Crippen molar-refractivity contribution in [3.8, 4) is 0 Å². The minimum Gasteiger partial charge on any atom is -0.373 e. The van der Waals surface area contributed by atoms with Crippen molar-refractivity contribution in [3.63, 3.8) is 0 Å². The molecule has 0 bridgehead atoms. The lowest BCUT2D eigenvalue weighted by Crippen LogP contribution is -2.49. The van der Waals surface area contributed by atoms with Crippen LogP contribution in [0.4, 0.5) is 8.78 Å². The van der Waals surface area contributed by atoms with Crippen LogP contribution >= 0.6 is 0 Å². The molecule has 1 heterocycles. The second-order valence-electron chi connectivity index (χ2n) is 9.28. The van der Waals surface area contributed by atoms with Crippen LogP contribution in [0.2, 0.25) is 0 Å². The van der Waals surface area contributed by atoms with Crippen molar-refractivity contribution in [2.24, 2.45) is 5.92 Å². The van der Waals surface area contributed by atoms with Gasteiger partial charge in [-0.1, -0.05) is 44.2 Å². The van der Waals surface area contributed by atoms with Crippen LogP contribution in [0.1, 0.15) is 49.2 Å². The van der Waals surface area contributed by atoms with Gasteiger partial charge in [0.05, 0.1) is 12.2 Å². The van der Waals surface area contributed by atoms with Crippen LogP contribution in [0.5, 0.6) is 0 Å². The van der Waals surface area contributed by atoms with E-state index >= 15 is 0 Å². The number of hydrogen-bond acceptors (Lipinski definition) is 4. The minimum absolute atomic E-state index is 0.211. The third-order valence-corrected chi connectivity index (χ3v) is 5.82. The van der Waals surface area contributed by atoms with Crippen molar-refractivity contribution in [3.05, 3.63) is 70.8 Å². The maximum Gasteiger partial charge on any atom is 0.257 e. The van der Waals surface area contributed by atoms with Crippen molar-refractivity contribution in [1.29, 1.82) is 0 Å². The second-order valence-corrected chi connectivity index (χ2v) is 9.28. The average Bonchev–Trinajstić information content (AvgIpc) is 2.76. The Kier molecular flexibility index (Phi) is 8.74. The van der Waals surface area contributed by atoms with E-state index in [0.717, 1.165) is 37.3 Å². The summed E-state index contributed by atoms with van der Waals surface area (Å²) in [4.78, 5) is 27.6. The van der Waals surface area contributed by atoms with E-state index in [1.54, 1.807) is 13.8 Å². The zero-order valence-electron chi connectivity index (χ0n) is 20.1. The molecule has 3 atom stereocenters. The summed E-state index contributed by atoms with van der Waals surface area (Å²) < 4.78 is 33.6. The summed E-state index contributed by atoms with van der Waals surface area (Å²) in [5.74, 6) is -3.59. The topological polar surface area (TPSA) is 70.7 Å². The fourth-order valence-corrected chi connectivity index (χ4v) is 4.20. The van der Waals surface area contributed by atoms with E-state index in [9.17, 15) is 18.4 Å². The summed E-state index contributed by atoms with van der Waals surface area (Å²) in [6, 6.07) is 10.3. The first-order valence-electron chi connectivity index (χ1n) is 11.6.